The zero-order valence-electron chi connectivity index (χ0n) is 15.2. The van der Waals surface area contributed by atoms with Gasteiger partial charge in [-0.3, -0.25) is 4.79 Å². The summed E-state index contributed by atoms with van der Waals surface area (Å²) in [6.45, 7) is 1.61. The van der Waals surface area contributed by atoms with Crippen LogP contribution in [-0.4, -0.2) is 39.2 Å². The van der Waals surface area contributed by atoms with Crippen LogP contribution in [0.15, 0.2) is 48.5 Å². The first-order chi connectivity index (χ1) is 12.7. The molecule has 1 atom stereocenters. The van der Waals surface area contributed by atoms with Crippen molar-refractivity contribution in [1.82, 2.24) is 0 Å². The first-order valence-electron chi connectivity index (χ1n) is 8.58. The molecule has 0 unspecified atom stereocenters. The van der Waals surface area contributed by atoms with E-state index in [0.717, 1.165) is 23.9 Å². The van der Waals surface area contributed by atoms with Crippen molar-refractivity contribution in [2.75, 3.05) is 17.8 Å². The van der Waals surface area contributed by atoms with E-state index in [1.807, 2.05) is 31.2 Å². The van der Waals surface area contributed by atoms with E-state index in [0.29, 0.717) is 5.56 Å². The van der Waals surface area contributed by atoms with E-state index in [1.54, 1.807) is 17.0 Å². The maximum atomic E-state index is 12.5. The van der Waals surface area contributed by atoms with E-state index in [4.69, 9.17) is 4.74 Å². The average Bonchev–Trinajstić information content (AvgIpc) is 2.94. The fraction of sp³-hybridized carbons (Fsp3) is 0.300. The normalized spacial score (nSPS) is 16.1. The maximum Gasteiger partial charge on any atom is 0.338 e. The number of anilines is 1. The zero-order chi connectivity index (χ0) is 19.6. The summed E-state index contributed by atoms with van der Waals surface area (Å²) < 4.78 is 27.8. The molecule has 1 aliphatic heterocycles. The van der Waals surface area contributed by atoms with Crippen molar-refractivity contribution in [2.45, 2.75) is 25.1 Å². The lowest BCUT2D eigenvalue weighted by Gasteiger charge is -2.22. The Hall–Kier alpha value is -2.67. The Kier molecular flexibility index (Phi) is 5.32. The number of benzene rings is 2. The molecule has 142 valence electrons. The van der Waals surface area contributed by atoms with Crippen LogP contribution < -0.4 is 4.90 Å². The third-order valence-corrected chi connectivity index (χ3v) is 5.28. The number of esters is 1. The standard InChI is InChI=1S/C20H21NO5S/c1-14-11-17-5-3-4-6-18(17)21(14)19(22)12-26-20(23)16-9-7-15(8-10-16)13-27(2,24)25/h3-10,14H,11-13H2,1-2H3/t14-/m0/s1. The van der Waals surface area contributed by atoms with Gasteiger partial charge in [-0.05, 0) is 42.7 Å². The number of sulfone groups is 1. The van der Waals surface area contributed by atoms with Gasteiger partial charge in [-0.2, -0.15) is 0 Å². The quantitative estimate of drug-likeness (QED) is 0.736. The molecule has 1 heterocycles. The number of hydrogen-bond acceptors (Lipinski definition) is 5. The summed E-state index contributed by atoms with van der Waals surface area (Å²) in [6, 6.07) is 13.8. The molecular formula is C20H21NO5S. The van der Waals surface area contributed by atoms with E-state index in [2.05, 4.69) is 0 Å². The van der Waals surface area contributed by atoms with E-state index >= 15 is 0 Å². The van der Waals surface area contributed by atoms with Crippen molar-refractivity contribution < 1.29 is 22.7 Å². The molecule has 2 aromatic rings. The van der Waals surface area contributed by atoms with E-state index in [1.165, 1.54) is 12.1 Å². The summed E-state index contributed by atoms with van der Waals surface area (Å²) in [6.07, 6.45) is 1.93. The Morgan fingerprint density at radius 3 is 2.44 bits per heavy atom. The number of para-hydroxylation sites is 1. The highest BCUT2D eigenvalue weighted by atomic mass is 32.2. The molecule has 27 heavy (non-hydrogen) atoms. The lowest BCUT2D eigenvalue weighted by molar-refractivity contribution is -0.122. The van der Waals surface area contributed by atoms with Gasteiger partial charge in [0, 0.05) is 18.0 Å². The molecule has 0 bridgehead atoms. The van der Waals surface area contributed by atoms with Crippen LogP contribution in [0.2, 0.25) is 0 Å². The number of rotatable bonds is 5. The predicted molar refractivity (Wildman–Crippen MR) is 102 cm³/mol. The molecule has 0 radical (unpaired) electrons. The second-order valence-electron chi connectivity index (χ2n) is 6.79. The van der Waals surface area contributed by atoms with Crippen molar-refractivity contribution in [3.05, 3.63) is 65.2 Å². The maximum absolute atomic E-state index is 12.5. The van der Waals surface area contributed by atoms with Crippen molar-refractivity contribution >= 4 is 27.4 Å². The lowest BCUT2D eigenvalue weighted by atomic mass is 10.1. The van der Waals surface area contributed by atoms with Crippen LogP contribution >= 0.6 is 0 Å². The van der Waals surface area contributed by atoms with Gasteiger partial charge in [-0.25, -0.2) is 13.2 Å². The molecule has 0 aliphatic carbocycles. The fourth-order valence-electron chi connectivity index (χ4n) is 3.27. The molecule has 1 aliphatic rings. The molecule has 1 amide bonds. The number of ether oxygens (including phenoxy) is 1. The molecule has 7 heteroatoms. The number of hydrogen-bond donors (Lipinski definition) is 0. The van der Waals surface area contributed by atoms with Gasteiger partial charge < -0.3 is 9.64 Å². The van der Waals surface area contributed by atoms with Gasteiger partial charge in [-0.1, -0.05) is 30.3 Å². The highest BCUT2D eigenvalue weighted by molar-refractivity contribution is 7.89. The van der Waals surface area contributed by atoms with Gasteiger partial charge in [0.15, 0.2) is 16.4 Å². The summed E-state index contributed by atoms with van der Waals surface area (Å²) >= 11 is 0. The lowest BCUT2D eigenvalue weighted by Crippen LogP contribution is -2.38. The monoisotopic (exact) mass is 387 g/mol. The SMILES string of the molecule is C[C@H]1Cc2ccccc2N1C(=O)COC(=O)c1ccc(CS(C)(=O)=O)cc1. The van der Waals surface area contributed by atoms with Crippen molar-refractivity contribution in [3.63, 3.8) is 0 Å². The summed E-state index contributed by atoms with van der Waals surface area (Å²) in [5.41, 5.74) is 2.82. The van der Waals surface area contributed by atoms with Crippen LogP contribution in [-0.2, 0) is 31.5 Å². The first kappa shape index (κ1) is 19.1. The van der Waals surface area contributed by atoms with E-state index in [9.17, 15) is 18.0 Å². The number of fused-ring (bicyclic) bond motifs is 1. The van der Waals surface area contributed by atoms with Crippen molar-refractivity contribution in [2.24, 2.45) is 0 Å². The van der Waals surface area contributed by atoms with Crippen molar-refractivity contribution in [1.29, 1.82) is 0 Å². The molecule has 0 fully saturated rings. The number of carbonyl (C=O) groups is 2. The molecule has 0 N–H and O–H groups in total. The third kappa shape index (κ3) is 4.54. The smallest absolute Gasteiger partial charge is 0.338 e. The van der Waals surface area contributed by atoms with Crippen LogP contribution in [0.4, 0.5) is 5.69 Å². The molecule has 2 aromatic carbocycles. The van der Waals surface area contributed by atoms with Gasteiger partial charge in [0.05, 0.1) is 11.3 Å². The molecule has 0 saturated heterocycles. The van der Waals surface area contributed by atoms with Crippen LogP contribution in [0.1, 0.15) is 28.4 Å². The Morgan fingerprint density at radius 1 is 1.11 bits per heavy atom. The average molecular weight is 387 g/mol. The van der Waals surface area contributed by atoms with Crippen LogP contribution in [0, 0.1) is 0 Å². The summed E-state index contributed by atoms with van der Waals surface area (Å²) in [7, 11) is -3.14. The zero-order valence-corrected chi connectivity index (χ0v) is 16.0. The van der Waals surface area contributed by atoms with E-state index < -0.39 is 15.8 Å². The van der Waals surface area contributed by atoms with Crippen molar-refractivity contribution in [3.8, 4) is 0 Å². The Balaban J connectivity index is 1.61. The largest absolute Gasteiger partial charge is 0.452 e. The van der Waals surface area contributed by atoms with Gasteiger partial charge in [0.1, 0.15) is 0 Å². The minimum absolute atomic E-state index is 0.0175. The highest BCUT2D eigenvalue weighted by Crippen LogP contribution is 2.31. The molecule has 3 rings (SSSR count). The second kappa shape index (κ2) is 7.52. The number of nitrogens with zero attached hydrogens (tertiary/aromatic N) is 1. The minimum atomic E-state index is -3.14. The first-order valence-corrected chi connectivity index (χ1v) is 10.6. The van der Waals surface area contributed by atoms with Crippen LogP contribution in [0.25, 0.3) is 0 Å². The summed E-state index contributed by atoms with van der Waals surface area (Å²) in [4.78, 5) is 26.4. The molecule has 0 saturated carbocycles. The van der Waals surface area contributed by atoms with Gasteiger partial charge in [-0.15, -0.1) is 0 Å². The van der Waals surface area contributed by atoms with E-state index in [-0.39, 0.29) is 29.9 Å². The molecule has 0 spiro atoms. The minimum Gasteiger partial charge on any atom is -0.452 e. The number of carbonyl (C=O) groups excluding carboxylic acids is 2. The van der Waals surface area contributed by atoms with Gasteiger partial charge >= 0.3 is 5.97 Å². The highest BCUT2D eigenvalue weighted by Gasteiger charge is 2.31. The Morgan fingerprint density at radius 2 is 1.78 bits per heavy atom. The molecular weight excluding hydrogens is 366 g/mol. The third-order valence-electron chi connectivity index (χ3n) is 4.42. The topological polar surface area (TPSA) is 80.8 Å². The second-order valence-corrected chi connectivity index (χ2v) is 8.93. The summed E-state index contributed by atoms with van der Waals surface area (Å²) in [5.74, 6) is -0.975. The fourth-order valence-corrected chi connectivity index (χ4v) is 4.06. The van der Waals surface area contributed by atoms with Crippen LogP contribution in [0.5, 0.6) is 0 Å². The Bertz CT molecular complexity index is 966. The predicted octanol–water partition coefficient (Wildman–Crippen LogP) is 2.37. The Labute approximate surface area is 158 Å². The molecule has 6 nitrogen and oxygen atoms in total. The van der Waals surface area contributed by atoms with Gasteiger partial charge in [0.25, 0.3) is 5.91 Å². The van der Waals surface area contributed by atoms with Crippen LogP contribution in [0.3, 0.4) is 0 Å². The summed E-state index contributed by atoms with van der Waals surface area (Å²) in [5, 5.41) is 0. The van der Waals surface area contributed by atoms with Gasteiger partial charge in [0.2, 0.25) is 0 Å². The molecule has 0 aromatic heterocycles. The number of amides is 1.